The molecule has 1 N–H and O–H groups in total. The molecule has 0 fully saturated rings. The first-order chi connectivity index (χ1) is 15.0. The van der Waals surface area contributed by atoms with Crippen molar-refractivity contribution in [3.63, 3.8) is 0 Å². The molecule has 4 nitrogen and oxygen atoms in total. The van der Waals surface area contributed by atoms with Crippen molar-refractivity contribution in [2.75, 3.05) is 19.4 Å². The molecule has 0 bridgehead atoms. The number of pyridine rings is 1. The molecule has 0 spiro atoms. The smallest absolute Gasteiger partial charge is 0.220 e. The minimum Gasteiger partial charge on any atom is -0.496 e. The van der Waals surface area contributed by atoms with Crippen LogP contribution in [-0.2, 0) is 11.3 Å². The molecule has 5 heteroatoms. The summed E-state index contributed by atoms with van der Waals surface area (Å²) in [6.07, 6.45) is 12.0. The van der Waals surface area contributed by atoms with Crippen molar-refractivity contribution >= 4 is 29.8 Å². The minimum atomic E-state index is 0.146. The summed E-state index contributed by atoms with van der Waals surface area (Å²) >= 11 is 1.96. The molecule has 2 rings (SSSR count). The molecular weight excluding hydrogens is 404 g/mol. The summed E-state index contributed by atoms with van der Waals surface area (Å²) in [5, 5.41) is 3.05. The number of benzene rings is 1. The van der Waals surface area contributed by atoms with E-state index >= 15 is 0 Å². The minimum absolute atomic E-state index is 0.146. The zero-order valence-corrected chi connectivity index (χ0v) is 20.2. The average molecular weight is 442 g/mol. The van der Waals surface area contributed by atoms with Gasteiger partial charge in [-0.3, -0.25) is 4.79 Å². The predicted molar refractivity (Wildman–Crippen MR) is 132 cm³/mol. The lowest BCUT2D eigenvalue weighted by atomic mass is 10.1. The maximum atomic E-state index is 12.1. The molecular formula is C26H37N2O2S+. The molecule has 0 aliphatic carbocycles. The van der Waals surface area contributed by atoms with E-state index in [-0.39, 0.29) is 5.91 Å². The van der Waals surface area contributed by atoms with Gasteiger partial charge in [0, 0.05) is 47.6 Å². The van der Waals surface area contributed by atoms with Crippen LogP contribution in [0, 0.1) is 0 Å². The van der Waals surface area contributed by atoms with E-state index in [4.69, 9.17) is 4.74 Å². The number of thioether (sulfide) groups is 1. The molecule has 0 unspecified atom stereocenters. The highest BCUT2D eigenvalue weighted by Crippen LogP contribution is 2.31. The molecule has 2 aromatic rings. The fraction of sp³-hybridized carbons (Fsp3) is 0.462. The largest absolute Gasteiger partial charge is 0.496 e. The summed E-state index contributed by atoms with van der Waals surface area (Å²) in [5.74, 6) is 1.99. The van der Waals surface area contributed by atoms with Gasteiger partial charge >= 0.3 is 0 Å². The topological polar surface area (TPSA) is 42.2 Å². The van der Waals surface area contributed by atoms with Crippen LogP contribution in [-0.4, -0.2) is 30.1 Å². The number of hydrogen-bond donors (Lipinski definition) is 1. The third kappa shape index (κ3) is 8.78. The van der Waals surface area contributed by atoms with Crippen LogP contribution in [0.4, 0.5) is 0 Å². The molecule has 0 aliphatic heterocycles. The van der Waals surface area contributed by atoms with Gasteiger partial charge < -0.3 is 10.1 Å². The number of amides is 1. The summed E-state index contributed by atoms with van der Waals surface area (Å²) in [6.45, 7) is 8.35. The lowest BCUT2D eigenvalue weighted by Crippen LogP contribution is -2.34. The third-order valence-electron chi connectivity index (χ3n) is 5.70. The standard InChI is InChI=1S/C26H36N2O2S/c1-5-26(3,6-2)31-21-17-27-25(29)12-9-18-28-19-15-22(16-20-28)13-14-23-10-7-8-11-24(23)30-4/h7-8,10-11,13-16,19-20H,5-6,9,12,17-18,21H2,1-4H3/p+1. The summed E-state index contributed by atoms with van der Waals surface area (Å²) in [4.78, 5) is 12.1. The van der Waals surface area contributed by atoms with Crippen molar-refractivity contribution in [1.29, 1.82) is 0 Å². The number of carbonyl (C=O) groups is 1. The van der Waals surface area contributed by atoms with E-state index in [0.29, 0.717) is 11.2 Å². The number of nitrogens with one attached hydrogen (secondary N) is 1. The molecule has 1 aromatic heterocycles. The van der Waals surface area contributed by atoms with Gasteiger partial charge in [-0.15, -0.1) is 0 Å². The molecule has 1 heterocycles. The number of para-hydroxylation sites is 1. The van der Waals surface area contributed by atoms with Gasteiger partial charge in [-0.05, 0) is 24.5 Å². The molecule has 1 amide bonds. The van der Waals surface area contributed by atoms with E-state index in [0.717, 1.165) is 55.0 Å². The molecule has 168 valence electrons. The summed E-state index contributed by atoms with van der Waals surface area (Å²) in [7, 11) is 1.69. The fourth-order valence-electron chi connectivity index (χ4n) is 3.17. The number of hydrogen-bond acceptors (Lipinski definition) is 3. The van der Waals surface area contributed by atoms with Gasteiger partial charge in [0.25, 0.3) is 0 Å². The Morgan fingerprint density at radius 2 is 1.84 bits per heavy atom. The Labute approximate surface area is 192 Å². The zero-order valence-electron chi connectivity index (χ0n) is 19.4. The van der Waals surface area contributed by atoms with Crippen LogP contribution in [0.25, 0.3) is 12.2 Å². The lowest BCUT2D eigenvalue weighted by molar-refractivity contribution is -0.697. The molecule has 0 atom stereocenters. The highest BCUT2D eigenvalue weighted by atomic mass is 32.2. The molecule has 0 saturated heterocycles. The second-order valence-electron chi connectivity index (χ2n) is 7.90. The number of rotatable bonds is 13. The van der Waals surface area contributed by atoms with Crippen LogP contribution in [0.3, 0.4) is 0 Å². The first-order valence-corrected chi connectivity index (χ1v) is 12.2. The Bertz CT molecular complexity index is 830. The first-order valence-electron chi connectivity index (χ1n) is 11.2. The van der Waals surface area contributed by atoms with Crippen molar-refractivity contribution in [2.24, 2.45) is 0 Å². The van der Waals surface area contributed by atoms with Gasteiger partial charge in [-0.25, -0.2) is 4.57 Å². The van der Waals surface area contributed by atoms with Gasteiger partial charge in [-0.1, -0.05) is 51.1 Å². The number of aryl methyl sites for hydroxylation is 1. The van der Waals surface area contributed by atoms with E-state index in [1.54, 1.807) is 7.11 Å². The second-order valence-corrected chi connectivity index (χ2v) is 9.59. The van der Waals surface area contributed by atoms with Crippen molar-refractivity contribution in [3.8, 4) is 5.75 Å². The Kier molecular flexibility index (Phi) is 10.6. The van der Waals surface area contributed by atoms with E-state index in [2.05, 4.69) is 67.3 Å². The zero-order chi connectivity index (χ0) is 22.5. The third-order valence-corrected chi connectivity index (χ3v) is 7.38. The van der Waals surface area contributed by atoms with Crippen molar-refractivity contribution in [2.45, 2.75) is 57.7 Å². The average Bonchev–Trinajstić information content (AvgIpc) is 2.81. The number of methoxy groups -OCH3 is 1. The van der Waals surface area contributed by atoms with Crippen LogP contribution < -0.4 is 14.6 Å². The highest BCUT2D eigenvalue weighted by molar-refractivity contribution is 8.00. The SMILES string of the molecule is CCC(C)(CC)SCCNC(=O)CCC[n+]1ccc(C=Cc2ccccc2OC)cc1. The fourth-order valence-corrected chi connectivity index (χ4v) is 4.28. The van der Waals surface area contributed by atoms with E-state index < -0.39 is 0 Å². The normalized spacial score (nSPS) is 11.6. The highest BCUT2D eigenvalue weighted by Gasteiger charge is 2.19. The summed E-state index contributed by atoms with van der Waals surface area (Å²) in [5.41, 5.74) is 2.18. The Balaban J connectivity index is 1.70. The predicted octanol–water partition coefficient (Wildman–Crippen LogP) is 5.36. The molecule has 0 aliphatic rings. The first kappa shape index (κ1) is 25.0. The van der Waals surface area contributed by atoms with Crippen molar-refractivity contribution in [3.05, 3.63) is 59.9 Å². The maximum Gasteiger partial charge on any atom is 0.220 e. The quantitative estimate of drug-likeness (QED) is 0.336. The summed E-state index contributed by atoms with van der Waals surface area (Å²) < 4.78 is 7.83. The molecule has 0 saturated carbocycles. The number of ether oxygens (including phenoxy) is 1. The van der Waals surface area contributed by atoms with Crippen LogP contribution in [0.15, 0.2) is 48.8 Å². The molecule has 0 radical (unpaired) electrons. The van der Waals surface area contributed by atoms with E-state index in [1.807, 2.05) is 36.0 Å². The van der Waals surface area contributed by atoms with Crippen LogP contribution >= 0.6 is 11.8 Å². The number of carbonyl (C=O) groups excluding carboxylic acids is 1. The van der Waals surface area contributed by atoms with Gasteiger partial charge in [0.15, 0.2) is 12.4 Å². The maximum absolute atomic E-state index is 12.1. The number of aromatic nitrogens is 1. The Hall–Kier alpha value is -2.27. The van der Waals surface area contributed by atoms with Crippen LogP contribution in [0.5, 0.6) is 5.75 Å². The van der Waals surface area contributed by atoms with Crippen LogP contribution in [0.1, 0.15) is 57.6 Å². The number of nitrogens with zero attached hydrogens (tertiary/aromatic N) is 1. The van der Waals surface area contributed by atoms with E-state index in [1.165, 1.54) is 0 Å². The second kappa shape index (κ2) is 13.2. The van der Waals surface area contributed by atoms with Gasteiger partial charge in [-0.2, -0.15) is 11.8 Å². The van der Waals surface area contributed by atoms with Gasteiger partial charge in [0.1, 0.15) is 12.3 Å². The monoisotopic (exact) mass is 441 g/mol. The molecule has 31 heavy (non-hydrogen) atoms. The van der Waals surface area contributed by atoms with Gasteiger partial charge in [0.05, 0.1) is 7.11 Å². The Morgan fingerprint density at radius 3 is 2.52 bits per heavy atom. The van der Waals surface area contributed by atoms with Gasteiger partial charge in [0.2, 0.25) is 5.91 Å². The van der Waals surface area contributed by atoms with Crippen LogP contribution in [0.2, 0.25) is 0 Å². The van der Waals surface area contributed by atoms with Crippen molar-refractivity contribution in [1.82, 2.24) is 5.32 Å². The van der Waals surface area contributed by atoms with E-state index in [9.17, 15) is 4.79 Å². The lowest BCUT2D eigenvalue weighted by Gasteiger charge is -2.25. The van der Waals surface area contributed by atoms with Crippen molar-refractivity contribution < 1.29 is 14.1 Å². The summed E-state index contributed by atoms with van der Waals surface area (Å²) in [6, 6.07) is 12.1. The molecule has 1 aromatic carbocycles. The Morgan fingerprint density at radius 1 is 1.13 bits per heavy atom.